The number of pyridine rings is 1. The minimum Gasteiger partial charge on any atom is -0.357 e. The minimum absolute atomic E-state index is 0.0132. The molecule has 1 aromatic carbocycles. The van der Waals surface area contributed by atoms with Crippen LogP contribution in [0.1, 0.15) is 24.8 Å². The topological polar surface area (TPSA) is 62.3 Å². The van der Waals surface area contributed by atoms with Crippen molar-refractivity contribution >= 4 is 31.8 Å². The molecule has 2 heterocycles. The lowest BCUT2D eigenvalue weighted by Gasteiger charge is -2.27. The van der Waals surface area contributed by atoms with Gasteiger partial charge in [0.25, 0.3) is 0 Å². The second-order valence-electron chi connectivity index (χ2n) is 5.97. The number of hydrogen-bond acceptors (Lipinski definition) is 4. The van der Waals surface area contributed by atoms with Crippen LogP contribution >= 0.6 is 15.9 Å². The number of piperidine rings is 1. The van der Waals surface area contributed by atoms with Crippen molar-refractivity contribution in [3.8, 4) is 0 Å². The van der Waals surface area contributed by atoms with E-state index in [-0.39, 0.29) is 15.9 Å². The molecule has 0 spiro atoms. The van der Waals surface area contributed by atoms with Crippen LogP contribution in [0.4, 0.5) is 10.2 Å². The van der Waals surface area contributed by atoms with E-state index in [1.54, 1.807) is 12.3 Å². The van der Waals surface area contributed by atoms with Gasteiger partial charge in [-0.1, -0.05) is 0 Å². The largest absolute Gasteiger partial charge is 0.357 e. The molecular weight excluding hydrogens is 409 g/mol. The van der Waals surface area contributed by atoms with Gasteiger partial charge >= 0.3 is 0 Å². The minimum atomic E-state index is -3.74. The molecule has 1 fully saturated rings. The summed E-state index contributed by atoms with van der Waals surface area (Å²) in [5.41, 5.74) is 0.831. The molecule has 0 unspecified atom stereocenters. The molecule has 3 rings (SSSR count). The molecule has 1 aliphatic heterocycles. The van der Waals surface area contributed by atoms with Crippen LogP contribution < -0.4 is 9.62 Å². The molecule has 0 amide bonds. The highest BCUT2D eigenvalue weighted by atomic mass is 79.9. The maximum Gasteiger partial charge on any atom is 0.241 e. The summed E-state index contributed by atoms with van der Waals surface area (Å²) in [5.74, 6) is 0.380. The number of hydrogen-bond donors (Lipinski definition) is 1. The van der Waals surface area contributed by atoms with Crippen LogP contribution in [-0.4, -0.2) is 26.5 Å². The van der Waals surface area contributed by atoms with Gasteiger partial charge in [0.15, 0.2) is 0 Å². The van der Waals surface area contributed by atoms with Crippen molar-refractivity contribution in [2.45, 2.75) is 30.7 Å². The lowest BCUT2D eigenvalue weighted by atomic mass is 10.1. The summed E-state index contributed by atoms with van der Waals surface area (Å²) in [5, 5.41) is 0. The van der Waals surface area contributed by atoms with Crippen molar-refractivity contribution in [1.82, 2.24) is 9.71 Å². The Hall–Kier alpha value is -1.51. The quantitative estimate of drug-likeness (QED) is 0.793. The number of benzene rings is 1. The fourth-order valence-corrected chi connectivity index (χ4v) is 4.88. The van der Waals surface area contributed by atoms with Gasteiger partial charge in [-0.15, -0.1) is 0 Å². The second kappa shape index (κ2) is 7.80. The molecule has 1 N–H and O–H groups in total. The molecule has 134 valence electrons. The summed E-state index contributed by atoms with van der Waals surface area (Å²) in [4.78, 5) is 6.62. The van der Waals surface area contributed by atoms with E-state index in [9.17, 15) is 12.8 Å². The molecule has 0 saturated carbocycles. The Labute approximate surface area is 155 Å². The number of aromatic nitrogens is 1. The first kappa shape index (κ1) is 18.3. The Kier molecular flexibility index (Phi) is 5.71. The third-order valence-corrected chi connectivity index (χ3v) is 6.52. The molecule has 8 heteroatoms. The summed E-state index contributed by atoms with van der Waals surface area (Å²) in [6.45, 7) is 2.10. The van der Waals surface area contributed by atoms with Gasteiger partial charge in [-0.2, -0.15) is 0 Å². The van der Waals surface area contributed by atoms with Crippen molar-refractivity contribution in [1.29, 1.82) is 0 Å². The molecule has 5 nitrogen and oxygen atoms in total. The predicted octanol–water partition coefficient (Wildman–Crippen LogP) is 3.45. The van der Waals surface area contributed by atoms with Crippen LogP contribution in [0.15, 0.2) is 45.9 Å². The second-order valence-corrected chi connectivity index (χ2v) is 8.56. The fourth-order valence-electron chi connectivity index (χ4n) is 2.82. The fraction of sp³-hybridized carbons (Fsp3) is 0.353. The van der Waals surface area contributed by atoms with Gasteiger partial charge in [0.1, 0.15) is 11.6 Å². The van der Waals surface area contributed by atoms with Crippen LogP contribution in [-0.2, 0) is 16.6 Å². The van der Waals surface area contributed by atoms with Gasteiger partial charge in [-0.05, 0) is 71.1 Å². The van der Waals surface area contributed by atoms with E-state index >= 15 is 0 Å². The highest BCUT2D eigenvalue weighted by Gasteiger charge is 2.18. The maximum absolute atomic E-state index is 13.2. The van der Waals surface area contributed by atoms with Crippen molar-refractivity contribution in [3.05, 3.63) is 52.4 Å². The van der Waals surface area contributed by atoms with Crippen molar-refractivity contribution in [2.24, 2.45) is 0 Å². The van der Waals surface area contributed by atoms with E-state index in [1.807, 2.05) is 6.07 Å². The summed E-state index contributed by atoms with van der Waals surface area (Å²) in [7, 11) is -3.74. The monoisotopic (exact) mass is 427 g/mol. The van der Waals surface area contributed by atoms with E-state index in [2.05, 4.69) is 30.5 Å². The summed E-state index contributed by atoms with van der Waals surface area (Å²) in [6.07, 6.45) is 5.23. The molecule has 0 radical (unpaired) electrons. The Morgan fingerprint density at radius 3 is 2.64 bits per heavy atom. The molecule has 1 aromatic heterocycles. The first-order chi connectivity index (χ1) is 12.0. The van der Waals surface area contributed by atoms with Crippen molar-refractivity contribution in [3.63, 3.8) is 0 Å². The van der Waals surface area contributed by atoms with Gasteiger partial charge in [-0.25, -0.2) is 22.5 Å². The summed E-state index contributed by atoms with van der Waals surface area (Å²) >= 11 is 3.10. The molecular formula is C17H19BrFN3O2S. The number of nitrogens with one attached hydrogen (secondary N) is 1. The standard InChI is InChI=1S/C17H19BrFN3O2S/c18-15-11-14(19)4-5-16(15)25(23,24)21-12-13-6-7-20-17(10-13)22-8-2-1-3-9-22/h4-7,10-11,21H,1-3,8-9,12H2. The molecule has 25 heavy (non-hydrogen) atoms. The van der Waals surface area contributed by atoms with Crippen molar-refractivity contribution < 1.29 is 12.8 Å². The van der Waals surface area contributed by atoms with E-state index in [0.717, 1.165) is 49.4 Å². The maximum atomic E-state index is 13.2. The van der Waals surface area contributed by atoms with E-state index in [1.165, 1.54) is 12.5 Å². The number of rotatable bonds is 5. The third-order valence-electron chi connectivity index (χ3n) is 4.14. The van der Waals surface area contributed by atoms with E-state index < -0.39 is 15.8 Å². The molecule has 0 aliphatic carbocycles. The zero-order valence-electron chi connectivity index (χ0n) is 13.6. The molecule has 0 bridgehead atoms. The SMILES string of the molecule is O=S(=O)(NCc1ccnc(N2CCCCC2)c1)c1ccc(F)cc1Br. The molecule has 1 aliphatic rings. The third kappa shape index (κ3) is 4.56. The average Bonchev–Trinajstić information content (AvgIpc) is 2.61. The summed E-state index contributed by atoms with van der Waals surface area (Å²) < 4.78 is 40.8. The molecule has 2 aromatic rings. The lowest BCUT2D eigenvalue weighted by Crippen LogP contribution is -2.30. The Morgan fingerprint density at radius 2 is 1.92 bits per heavy atom. The Morgan fingerprint density at radius 1 is 1.16 bits per heavy atom. The number of sulfonamides is 1. The van der Waals surface area contributed by atoms with Crippen LogP contribution in [0.2, 0.25) is 0 Å². The first-order valence-electron chi connectivity index (χ1n) is 8.10. The van der Waals surface area contributed by atoms with Crippen LogP contribution in [0.3, 0.4) is 0 Å². The zero-order valence-corrected chi connectivity index (χ0v) is 16.0. The number of anilines is 1. The Balaban J connectivity index is 1.72. The zero-order chi connectivity index (χ0) is 17.9. The van der Waals surface area contributed by atoms with Crippen LogP contribution in [0, 0.1) is 5.82 Å². The highest BCUT2D eigenvalue weighted by molar-refractivity contribution is 9.10. The van der Waals surface area contributed by atoms with Crippen molar-refractivity contribution in [2.75, 3.05) is 18.0 Å². The van der Waals surface area contributed by atoms with Gasteiger partial charge in [0.2, 0.25) is 10.0 Å². The Bertz CT molecular complexity index is 855. The molecule has 1 saturated heterocycles. The van der Waals surface area contributed by atoms with Crippen LogP contribution in [0.25, 0.3) is 0 Å². The number of halogens is 2. The normalized spacial score (nSPS) is 15.4. The van der Waals surface area contributed by atoms with E-state index in [0.29, 0.717) is 0 Å². The van der Waals surface area contributed by atoms with Gasteiger partial charge in [-0.3, -0.25) is 0 Å². The lowest BCUT2D eigenvalue weighted by molar-refractivity contribution is 0.572. The number of nitrogens with zero attached hydrogens (tertiary/aromatic N) is 2. The molecule has 0 atom stereocenters. The predicted molar refractivity (Wildman–Crippen MR) is 98.4 cm³/mol. The summed E-state index contributed by atoms with van der Waals surface area (Å²) in [6, 6.07) is 7.20. The smallest absolute Gasteiger partial charge is 0.241 e. The van der Waals surface area contributed by atoms with Gasteiger partial charge in [0, 0.05) is 30.3 Å². The highest BCUT2D eigenvalue weighted by Crippen LogP contribution is 2.23. The van der Waals surface area contributed by atoms with E-state index in [4.69, 9.17) is 0 Å². The van der Waals surface area contributed by atoms with Crippen LogP contribution in [0.5, 0.6) is 0 Å². The van der Waals surface area contributed by atoms with Gasteiger partial charge in [0.05, 0.1) is 4.90 Å². The van der Waals surface area contributed by atoms with Gasteiger partial charge < -0.3 is 4.90 Å². The first-order valence-corrected chi connectivity index (χ1v) is 10.4. The average molecular weight is 428 g/mol.